The van der Waals surface area contributed by atoms with Gasteiger partial charge in [-0.2, -0.15) is 5.26 Å². The zero-order valence-corrected chi connectivity index (χ0v) is 10.7. The van der Waals surface area contributed by atoms with Gasteiger partial charge >= 0.3 is 0 Å². The normalized spacial score (nSPS) is 32.0. The Morgan fingerprint density at radius 1 is 1.32 bits per heavy atom. The first-order valence-corrected chi connectivity index (χ1v) is 6.76. The summed E-state index contributed by atoms with van der Waals surface area (Å²) < 4.78 is 0. The maximum absolute atomic E-state index is 12.4. The van der Waals surface area contributed by atoms with Gasteiger partial charge in [-0.05, 0) is 43.2 Å². The third-order valence-corrected chi connectivity index (χ3v) is 4.59. The van der Waals surface area contributed by atoms with E-state index >= 15 is 0 Å². The van der Waals surface area contributed by atoms with Crippen LogP contribution in [-0.4, -0.2) is 11.9 Å². The number of fused-ring (bicyclic) bond motifs is 2. The van der Waals surface area contributed by atoms with Crippen LogP contribution >= 0.6 is 0 Å². The largest absolute Gasteiger partial charge is 0.327 e. The molecule has 2 aliphatic rings. The number of carbonyl (C=O) groups is 1. The molecule has 0 heterocycles. The molecule has 0 aliphatic heterocycles. The first kappa shape index (κ1) is 12.2. The molecular weight excluding hydrogens is 238 g/mol. The molecule has 1 aromatic carbocycles. The van der Waals surface area contributed by atoms with E-state index in [0.717, 1.165) is 19.3 Å². The Morgan fingerprint density at radius 2 is 2.05 bits per heavy atom. The fourth-order valence-corrected chi connectivity index (χ4v) is 3.63. The minimum absolute atomic E-state index is 0.0204. The van der Waals surface area contributed by atoms with E-state index in [2.05, 4.69) is 11.4 Å². The lowest BCUT2D eigenvalue weighted by Crippen LogP contribution is -2.42. The van der Waals surface area contributed by atoms with Crippen molar-refractivity contribution in [1.29, 1.82) is 5.26 Å². The molecule has 1 aromatic rings. The third kappa shape index (κ3) is 2.00. The van der Waals surface area contributed by atoms with E-state index in [0.29, 0.717) is 23.1 Å². The average Bonchev–Trinajstić information content (AvgIpc) is 3.00. The molecule has 4 atom stereocenters. The molecule has 3 rings (SSSR count). The zero-order valence-electron chi connectivity index (χ0n) is 10.7. The number of amides is 1. The van der Waals surface area contributed by atoms with Crippen LogP contribution in [0.5, 0.6) is 0 Å². The first-order chi connectivity index (χ1) is 9.20. The van der Waals surface area contributed by atoms with Gasteiger partial charge in [0.05, 0.1) is 17.2 Å². The quantitative estimate of drug-likeness (QED) is 0.846. The molecular formula is C15H17N3O. The number of rotatable bonds is 2. The number of para-hydroxylation sites is 1. The number of anilines is 1. The van der Waals surface area contributed by atoms with Crippen LogP contribution < -0.4 is 11.1 Å². The lowest BCUT2D eigenvalue weighted by molar-refractivity contribution is -0.121. The molecule has 4 nitrogen and oxygen atoms in total. The summed E-state index contributed by atoms with van der Waals surface area (Å²) in [7, 11) is 0. The predicted molar refractivity (Wildman–Crippen MR) is 72.1 cm³/mol. The molecule has 4 heteroatoms. The summed E-state index contributed by atoms with van der Waals surface area (Å²) in [6.07, 6.45) is 3.35. The van der Waals surface area contributed by atoms with E-state index in [1.807, 2.05) is 6.07 Å². The van der Waals surface area contributed by atoms with E-state index in [-0.39, 0.29) is 17.9 Å². The Balaban J connectivity index is 1.77. The number of nitrogens with two attached hydrogens (primary N) is 1. The number of nitriles is 1. The van der Waals surface area contributed by atoms with Crippen molar-refractivity contribution in [2.24, 2.45) is 23.5 Å². The molecule has 0 aromatic heterocycles. The summed E-state index contributed by atoms with van der Waals surface area (Å²) in [5, 5.41) is 11.9. The summed E-state index contributed by atoms with van der Waals surface area (Å²) in [5.74, 6) is 0.814. The van der Waals surface area contributed by atoms with Crippen LogP contribution in [0, 0.1) is 29.1 Å². The molecule has 0 spiro atoms. The highest BCUT2D eigenvalue weighted by Gasteiger charge is 2.49. The molecule has 2 saturated carbocycles. The van der Waals surface area contributed by atoms with Crippen molar-refractivity contribution >= 4 is 11.6 Å². The first-order valence-electron chi connectivity index (χ1n) is 6.76. The number of hydrogen-bond donors (Lipinski definition) is 2. The van der Waals surface area contributed by atoms with Gasteiger partial charge in [0.25, 0.3) is 0 Å². The standard InChI is InChI=1S/C15H17N3O/c16-8-11-3-1-2-4-12(11)18-15(19)13-9-5-6-10(7-9)14(13)17/h1-4,9-10,13-14H,5-7,17H2,(H,18,19). The molecule has 19 heavy (non-hydrogen) atoms. The number of hydrogen-bond acceptors (Lipinski definition) is 3. The fourth-order valence-electron chi connectivity index (χ4n) is 3.63. The van der Waals surface area contributed by atoms with Crippen molar-refractivity contribution in [3.8, 4) is 6.07 Å². The molecule has 2 aliphatic carbocycles. The van der Waals surface area contributed by atoms with Crippen molar-refractivity contribution in [1.82, 2.24) is 0 Å². The Kier molecular flexibility index (Phi) is 3.00. The van der Waals surface area contributed by atoms with Gasteiger partial charge < -0.3 is 11.1 Å². The maximum atomic E-state index is 12.4. The van der Waals surface area contributed by atoms with E-state index in [1.54, 1.807) is 18.2 Å². The highest BCUT2D eigenvalue weighted by molar-refractivity contribution is 5.94. The predicted octanol–water partition coefficient (Wildman–Crippen LogP) is 1.87. The zero-order chi connectivity index (χ0) is 13.4. The molecule has 4 unspecified atom stereocenters. The second kappa shape index (κ2) is 4.67. The van der Waals surface area contributed by atoms with Gasteiger partial charge in [-0.3, -0.25) is 4.79 Å². The Bertz CT molecular complexity index is 547. The van der Waals surface area contributed by atoms with E-state index in [1.165, 1.54) is 0 Å². The van der Waals surface area contributed by atoms with E-state index in [4.69, 9.17) is 11.0 Å². The molecule has 1 amide bonds. The Hall–Kier alpha value is -1.86. The monoisotopic (exact) mass is 255 g/mol. The Labute approximate surface area is 112 Å². The van der Waals surface area contributed by atoms with Crippen molar-refractivity contribution in [2.45, 2.75) is 25.3 Å². The number of nitrogens with one attached hydrogen (secondary N) is 1. The summed E-state index contributed by atoms with van der Waals surface area (Å²) >= 11 is 0. The van der Waals surface area contributed by atoms with Crippen LogP contribution in [-0.2, 0) is 4.79 Å². The lowest BCUT2D eigenvalue weighted by Gasteiger charge is -2.27. The van der Waals surface area contributed by atoms with Crippen molar-refractivity contribution in [2.75, 3.05) is 5.32 Å². The topological polar surface area (TPSA) is 78.9 Å². The summed E-state index contributed by atoms with van der Waals surface area (Å²) in [6, 6.07) is 9.14. The SMILES string of the molecule is N#Cc1ccccc1NC(=O)C1C2CCC(C2)C1N. The van der Waals surface area contributed by atoms with Crippen LogP contribution in [0.4, 0.5) is 5.69 Å². The highest BCUT2D eigenvalue weighted by atomic mass is 16.2. The molecule has 0 saturated heterocycles. The van der Waals surface area contributed by atoms with Crippen molar-refractivity contribution in [3.05, 3.63) is 29.8 Å². The number of benzene rings is 1. The minimum atomic E-state index is -0.0921. The van der Waals surface area contributed by atoms with Gasteiger partial charge in [0.15, 0.2) is 0 Å². The van der Waals surface area contributed by atoms with Crippen LogP contribution in [0.1, 0.15) is 24.8 Å². The van der Waals surface area contributed by atoms with Crippen LogP contribution in [0.15, 0.2) is 24.3 Å². The fraction of sp³-hybridized carbons (Fsp3) is 0.467. The summed E-state index contributed by atoms with van der Waals surface area (Å²) in [5.41, 5.74) is 7.24. The average molecular weight is 255 g/mol. The Morgan fingerprint density at radius 3 is 2.74 bits per heavy atom. The molecule has 2 fully saturated rings. The van der Waals surface area contributed by atoms with E-state index in [9.17, 15) is 4.79 Å². The molecule has 0 radical (unpaired) electrons. The van der Waals surface area contributed by atoms with Crippen molar-refractivity contribution in [3.63, 3.8) is 0 Å². The van der Waals surface area contributed by atoms with Crippen LogP contribution in [0.25, 0.3) is 0 Å². The number of nitrogens with zero attached hydrogens (tertiary/aromatic N) is 1. The van der Waals surface area contributed by atoms with Gasteiger partial charge in [0.1, 0.15) is 6.07 Å². The van der Waals surface area contributed by atoms with Gasteiger partial charge in [0.2, 0.25) is 5.91 Å². The van der Waals surface area contributed by atoms with Gasteiger partial charge in [-0.1, -0.05) is 12.1 Å². The second-order valence-electron chi connectivity index (χ2n) is 5.58. The smallest absolute Gasteiger partial charge is 0.229 e. The van der Waals surface area contributed by atoms with Crippen LogP contribution in [0.2, 0.25) is 0 Å². The maximum Gasteiger partial charge on any atom is 0.229 e. The molecule has 2 bridgehead atoms. The third-order valence-electron chi connectivity index (χ3n) is 4.59. The second-order valence-corrected chi connectivity index (χ2v) is 5.58. The molecule has 3 N–H and O–H groups in total. The lowest BCUT2D eigenvalue weighted by atomic mass is 9.84. The van der Waals surface area contributed by atoms with Gasteiger partial charge in [-0.25, -0.2) is 0 Å². The summed E-state index contributed by atoms with van der Waals surface area (Å²) in [6.45, 7) is 0. The minimum Gasteiger partial charge on any atom is -0.327 e. The number of carbonyl (C=O) groups excluding carboxylic acids is 1. The highest BCUT2D eigenvalue weighted by Crippen LogP contribution is 2.47. The summed E-state index contributed by atoms with van der Waals surface area (Å²) in [4.78, 5) is 12.4. The van der Waals surface area contributed by atoms with Crippen LogP contribution in [0.3, 0.4) is 0 Å². The van der Waals surface area contributed by atoms with E-state index < -0.39 is 0 Å². The van der Waals surface area contributed by atoms with Crippen molar-refractivity contribution < 1.29 is 4.79 Å². The van der Waals surface area contributed by atoms with Gasteiger partial charge in [0, 0.05) is 6.04 Å². The molecule has 98 valence electrons. The van der Waals surface area contributed by atoms with Gasteiger partial charge in [-0.15, -0.1) is 0 Å².